The molecule has 78 heavy (non-hydrogen) atoms. The molecule has 2 aliphatic rings. The Kier molecular flexibility index (Phi) is 20.7. The average Bonchev–Trinajstić information content (AvgIpc) is 4.08. The van der Waals surface area contributed by atoms with Crippen molar-refractivity contribution in [2.45, 2.75) is 127 Å². The minimum Gasteiger partial charge on any atom is -0.372 e. The summed E-state index contributed by atoms with van der Waals surface area (Å²) in [6, 6.07) is 22.7. The first kappa shape index (κ1) is 57.4. The van der Waals surface area contributed by atoms with E-state index < -0.39 is 96.2 Å². The summed E-state index contributed by atoms with van der Waals surface area (Å²) in [4.78, 5) is 123. The van der Waals surface area contributed by atoms with Crippen molar-refractivity contribution in [3.05, 3.63) is 120 Å². The van der Waals surface area contributed by atoms with Crippen LogP contribution in [-0.2, 0) is 62.5 Å². The second-order valence-electron chi connectivity index (χ2n) is 19.9. The monoisotopic (exact) mass is 1070 g/mol. The Labute approximate surface area is 453 Å². The van der Waals surface area contributed by atoms with Crippen LogP contribution >= 0.6 is 0 Å². The molecule has 21 heteroatoms. The van der Waals surface area contributed by atoms with Crippen molar-refractivity contribution < 1.29 is 43.1 Å². The number of nitrogens with one attached hydrogen (secondary N) is 8. The largest absolute Gasteiger partial charge is 0.372 e. The molecule has 7 atom stereocenters. The lowest BCUT2D eigenvalue weighted by Crippen LogP contribution is -2.60. The van der Waals surface area contributed by atoms with Crippen LogP contribution in [0.3, 0.4) is 0 Å². The number of benzene rings is 4. The van der Waals surface area contributed by atoms with E-state index in [2.05, 4.69) is 47.2 Å². The SMILES string of the molecule is CCCC[C@H](NC(C)=O)C(=O)N[C@H]1CCCNC(=O)CNC(=O)[C@H](Cc2c[nH]c3ccccc23)NC(=O)[C@H](CCCN=C(N)N)NC(=O)[C@@H](Cc2cccc3ccccc23)NC(=O)C2CC(OCc3ccccc3)CN2C1=O. The molecule has 5 aromatic rings. The van der Waals surface area contributed by atoms with Crippen LogP contribution in [0.2, 0.25) is 0 Å². The fraction of sp³-hybridized carbons (Fsp3) is 0.421. The van der Waals surface area contributed by atoms with Crippen LogP contribution in [0.1, 0.15) is 81.9 Å². The zero-order chi connectivity index (χ0) is 55.6. The van der Waals surface area contributed by atoms with Gasteiger partial charge < -0.3 is 63.3 Å². The predicted octanol–water partition coefficient (Wildman–Crippen LogP) is 2.01. The lowest BCUT2D eigenvalue weighted by atomic mass is 9.97. The van der Waals surface area contributed by atoms with Gasteiger partial charge in [-0.2, -0.15) is 0 Å². The zero-order valence-corrected chi connectivity index (χ0v) is 44.2. The summed E-state index contributed by atoms with van der Waals surface area (Å²) < 4.78 is 6.37. The van der Waals surface area contributed by atoms with E-state index in [0.717, 1.165) is 33.7 Å². The van der Waals surface area contributed by atoms with Crippen molar-refractivity contribution >= 4 is 74.9 Å². The van der Waals surface area contributed by atoms with Crippen molar-refractivity contribution in [3.63, 3.8) is 0 Å². The molecular formula is C57H72N12O9. The number of aromatic amines is 1. The third-order valence-electron chi connectivity index (χ3n) is 14.0. The molecule has 0 bridgehead atoms. The first-order chi connectivity index (χ1) is 37.7. The van der Waals surface area contributed by atoms with Gasteiger partial charge in [0.25, 0.3) is 0 Å². The van der Waals surface area contributed by atoms with Crippen molar-refractivity contribution in [1.82, 2.24) is 47.1 Å². The first-order valence-electron chi connectivity index (χ1n) is 26.7. The van der Waals surface area contributed by atoms with Crippen LogP contribution in [0.25, 0.3) is 21.7 Å². The molecule has 4 aromatic carbocycles. The highest BCUT2D eigenvalue weighted by Gasteiger charge is 2.44. The van der Waals surface area contributed by atoms with E-state index >= 15 is 14.4 Å². The van der Waals surface area contributed by atoms with Gasteiger partial charge in [0.2, 0.25) is 47.3 Å². The number of nitrogens with zero attached hydrogens (tertiary/aromatic N) is 2. The van der Waals surface area contributed by atoms with E-state index in [0.29, 0.717) is 24.0 Å². The van der Waals surface area contributed by atoms with E-state index in [1.165, 1.54) is 11.8 Å². The number of amides is 8. The van der Waals surface area contributed by atoms with E-state index in [1.807, 2.05) is 104 Å². The lowest BCUT2D eigenvalue weighted by Gasteiger charge is -2.31. The summed E-state index contributed by atoms with van der Waals surface area (Å²) in [5.74, 6) is -5.24. The first-order valence-corrected chi connectivity index (χ1v) is 26.7. The maximum Gasteiger partial charge on any atom is 0.245 e. The van der Waals surface area contributed by atoms with Gasteiger partial charge in [-0.3, -0.25) is 43.3 Å². The topological polar surface area (TPSA) is 313 Å². The number of rotatable bonds is 17. The van der Waals surface area contributed by atoms with Crippen LogP contribution in [0.15, 0.2) is 108 Å². The second-order valence-corrected chi connectivity index (χ2v) is 19.9. The number of para-hydroxylation sites is 1. The molecule has 0 spiro atoms. The minimum atomic E-state index is -1.35. The molecular weight excluding hydrogens is 997 g/mol. The number of ether oxygens (including phenoxy) is 1. The Bertz CT molecular complexity index is 2940. The molecule has 7 rings (SSSR count). The predicted molar refractivity (Wildman–Crippen MR) is 295 cm³/mol. The van der Waals surface area contributed by atoms with Gasteiger partial charge in [0.15, 0.2) is 5.96 Å². The van der Waals surface area contributed by atoms with Gasteiger partial charge in [0.1, 0.15) is 36.3 Å². The molecule has 2 aliphatic heterocycles. The Morgan fingerprint density at radius 1 is 0.769 bits per heavy atom. The third-order valence-corrected chi connectivity index (χ3v) is 14.0. The molecule has 0 radical (unpaired) electrons. The summed E-state index contributed by atoms with van der Waals surface area (Å²) in [5, 5.41) is 22.2. The van der Waals surface area contributed by atoms with Crippen LogP contribution < -0.4 is 48.7 Å². The molecule has 8 amide bonds. The molecule has 1 aromatic heterocycles. The number of aliphatic imine (C=N–C) groups is 1. The van der Waals surface area contributed by atoms with Crippen molar-refractivity contribution in [2.75, 3.05) is 26.2 Å². The molecule has 21 nitrogen and oxygen atoms in total. The van der Waals surface area contributed by atoms with E-state index in [9.17, 15) is 24.0 Å². The Morgan fingerprint density at radius 3 is 2.22 bits per heavy atom. The summed E-state index contributed by atoms with van der Waals surface area (Å²) in [6.07, 6.45) is 3.02. The summed E-state index contributed by atoms with van der Waals surface area (Å²) in [5.41, 5.74) is 14.3. The highest BCUT2D eigenvalue weighted by molar-refractivity contribution is 5.98. The minimum absolute atomic E-state index is 0.00599. The van der Waals surface area contributed by atoms with Gasteiger partial charge >= 0.3 is 0 Å². The van der Waals surface area contributed by atoms with Gasteiger partial charge in [-0.15, -0.1) is 0 Å². The number of guanidine groups is 1. The number of carbonyl (C=O) groups is 8. The van der Waals surface area contributed by atoms with Gasteiger partial charge in [0, 0.05) is 62.9 Å². The van der Waals surface area contributed by atoms with Crippen LogP contribution in [0.4, 0.5) is 0 Å². The highest BCUT2D eigenvalue weighted by Crippen LogP contribution is 2.26. The van der Waals surface area contributed by atoms with Crippen LogP contribution in [-0.4, -0.2) is 132 Å². The number of H-pyrrole nitrogens is 1. The molecule has 414 valence electrons. The quantitative estimate of drug-likeness (QED) is 0.0365. The zero-order valence-electron chi connectivity index (χ0n) is 44.2. The van der Waals surface area contributed by atoms with Crippen molar-refractivity contribution in [2.24, 2.45) is 16.5 Å². The fourth-order valence-corrected chi connectivity index (χ4v) is 9.95. The summed E-state index contributed by atoms with van der Waals surface area (Å²) in [6.45, 7) is 3.00. The Balaban J connectivity index is 1.27. The number of nitrogens with two attached hydrogens (primary N) is 2. The maximum absolute atomic E-state index is 15.2. The molecule has 3 heterocycles. The van der Waals surface area contributed by atoms with Crippen LogP contribution in [0.5, 0.6) is 0 Å². The normalized spacial score (nSPS) is 21.4. The van der Waals surface area contributed by atoms with E-state index in [-0.39, 0.29) is 77.1 Å². The summed E-state index contributed by atoms with van der Waals surface area (Å²) in [7, 11) is 0. The number of aromatic nitrogens is 1. The highest BCUT2D eigenvalue weighted by atomic mass is 16.5. The van der Waals surface area contributed by atoms with E-state index in [4.69, 9.17) is 16.2 Å². The Morgan fingerprint density at radius 2 is 1.45 bits per heavy atom. The summed E-state index contributed by atoms with van der Waals surface area (Å²) >= 11 is 0. The number of hydrogen-bond acceptors (Lipinski definition) is 10. The molecule has 2 fully saturated rings. The second kappa shape index (κ2) is 28.2. The van der Waals surface area contributed by atoms with Crippen molar-refractivity contribution in [3.8, 4) is 0 Å². The standard InChI is InChI=1S/C57H72N12O9/c1-3-4-22-44(64-35(2)70)52(73)66-46-25-14-26-60-50(71)32-63-51(72)47(29-39-31-62-43-23-11-10-21-42(39)43)67-53(74)45(24-13-27-61-57(58)59)65-54(75)48(28-38-19-12-18-37-17-8-9-20-41(37)38)68-55(76)49-30-40(33-69(49)56(46)77)78-34-36-15-6-5-7-16-36/h5-12,15-21,23,31,40,44-49,62H,3-4,13-14,22,24-30,32-34H2,1-2H3,(H,60,71)(H,63,72)(H,64,70)(H,65,75)(H,66,73)(H,67,74)(H,68,76)(H4,58,59,61)/t40?,44-,45-,46-,47-,48+,49?/m0/s1. The van der Waals surface area contributed by atoms with Gasteiger partial charge in [0.05, 0.1) is 19.3 Å². The number of unbranched alkanes of at least 4 members (excludes halogenated alkanes) is 1. The molecule has 0 saturated carbocycles. The number of carbonyl (C=O) groups excluding carboxylic acids is 8. The van der Waals surface area contributed by atoms with Crippen molar-refractivity contribution in [1.29, 1.82) is 0 Å². The van der Waals surface area contributed by atoms with Gasteiger partial charge in [-0.1, -0.05) is 111 Å². The molecule has 2 unspecified atom stereocenters. The van der Waals surface area contributed by atoms with Gasteiger partial charge in [-0.25, -0.2) is 0 Å². The van der Waals surface area contributed by atoms with Gasteiger partial charge in [-0.05, 0) is 65.6 Å². The number of fused-ring (bicyclic) bond motifs is 3. The Hall–Kier alpha value is -8.33. The van der Waals surface area contributed by atoms with E-state index in [1.54, 1.807) is 6.20 Å². The molecule has 12 N–H and O–H groups in total. The lowest BCUT2D eigenvalue weighted by molar-refractivity contribution is -0.143. The number of hydrogen-bond donors (Lipinski definition) is 10. The smallest absolute Gasteiger partial charge is 0.245 e. The van der Waals surface area contributed by atoms with Crippen LogP contribution in [0, 0.1) is 0 Å². The molecule has 2 saturated heterocycles. The average molecular weight is 1070 g/mol. The fourth-order valence-electron chi connectivity index (χ4n) is 9.95. The third kappa shape index (κ3) is 16.1. The molecule has 0 aliphatic carbocycles. The maximum atomic E-state index is 15.2.